The number of nitriles is 1. The minimum atomic E-state index is -4.24. The number of amides is 1. The van der Waals surface area contributed by atoms with Gasteiger partial charge in [-0.15, -0.1) is 0 Å². The van der Waals surface area contributed by atoms with Crippen molar-refractivity contribution in [2.45, 2.75) is 11.8 Å². The van der Waals surface area contributed by atoms with Gasteiger partial charge in [-0.2, -0.15) is 13.7 Å². The van der Waals surface area contributed by atoms with Gasteiger partial charge in [0.2, 0.25) is 5.75 Å². The quantitative estimate of drug-likeness (QED) is 0.207. The number of hydrogen-bond acceptors (Lipinski definition) is 7. The topological polar surface area (TPSA) is 115 Å². The van der Waals surface area contributed by atoms with Crippen LogP contribution in [0.3, 0.4) is 0 Å². The fraction of sp³-hybridized carbons (Fsp3) is 0.120. The van der Waals surface area contributed by atoms with E-state index in [0.29, 0.717) is 28.6 Å². The second-order valence-corrected chi connectivity index (χ2v) is 9.50. The Labute approximate surface area is 218 Å². The van der Waals surface area contributed by atoms with Crippen LogP contribution in [0.25, 0.3) is 6.08 Å². The van der Waals surface area contributed by atoms with E-state index in [-0.39, 0.29) is 27.0 Å². The van der Waals surface area contributed by atoms with Gasteiger partial charge in [0.1, 0.15) is 22.3 Å². The largest absolute Gasteiger partial charge is 0.494 e. The van der Waals surface area contributed by atoms with Gasteiger partial charge in [0.05, 0.1) is 18.7 Å². The molecule has 0 fully saturated rings. The van der Waals surface area contributed by atoms with Gasteiger partial charge in [-0.1, -0.05) is 23.2 Å². The standard InChI is InChI=1S/C25H20Cl2N2O6S/c1-3-34-20-8-6-19(7-9-20)29-25(30)17(15-28)12-16-13-22(27)24(23(14-16)33-2)35-36(31,32)21-10-4-18(26)5-11-21/h4-14H,3H2,1-2H3,(H,29,30)/b17-12+. The third kappa shape index (κ3) is 6.70. The lowest BCUT2D eigenvalue weighted by Gasteiger charge is -2.13. The second-order valence-electron chi connectivity index (χ2n) is 7.11. The number of hydrogen-bond donors (Lipinski definition) is 1. The molecule has 8 nitrogen and oxygen atoms in total. The molecular weight excluding hydrogens is 527 g/mol. The van der Waals surface area contributed by atoms with Crippen molar-refractivity contribution in [1.82, 2.24) is 0 Å². The minimum Gasteiger partial charge on any atom is -0.494 e. The van der Waals surface area contributed by atoms with Crippen LogP contribution in [0.2, 0.25) is 10.0 Å². The highest BCUT2D eigenvalue weighted by atomic mass is 35.5. The highest BCUT2D eigenvalue weighted by Crippen LogP contribution is 2.39. The van der Waals surface area contributed by atoms with Gasteiger partial charge in [0.15, 0.2) is 5.75 Å². The lowest BCUT2D eigenvalue weighted by molar-refractivity contribution is -0.112. The molecule has 3 aromatic rings. The Morgan fingerprint density at radius 1 is 1.08 bits per heavy atom. The van der Waals surface area contributed by atoms with Crippen LogP contribution in [0.5, 0.6) is 17.2 Å². The van der Waals surface area contributed by atoms with E-state index in [1.807, 2.05) is 13.0 Å². The van der Waals surface area contributed by atoms with Crippen molar-refractivity contribution >= 4 is 51.0 Å². The number of halogens is 2. The van der Waals surface area contributed by atoms with Gasteiger partial charge in [-0.05, 0) is 79.2 Å². The molecule has 0 heterocycles. The molecule has 0 aliphatic carbocycles. The molecule has 0 aromatic heterocycles. The number of benzene rings is 3. The molecule has 186 valence electrons. The van der Waals surface area contributed by atoms with Crippen LogP contribution in [-0.4, -0.2) is 28.0 Å². The van der Waals surface area contributed by atoms with Crippen LogP contribution in [0.15, 0.2) is 71.1 Å². The Balaban J connectivity index is 1.86. The number of nitrogens with one attached hydrogen (secondary N) is 1. The number of methoxy groups -OCH3 is 1. The Bertz CT molecular complexity index is 1430. The molecule has 0 radical (unpaired) electrons. The van der Waals surface area contributed by atoms with Gasteiger partial charge in [-0.3, -0.25) is 4.79 Å². The molecule has 0 bridgehead atoms. The molecule has 11 heteroatoms. The normalized spacial score (nSPS) is 11.4. The van der Waals surface area contributed by atoms with Crippen molar-refractivity contribution < 1.29 is 26.9 Å². The summed E-state index contributed by atoms with van der Waals surface area (Å²) in [5.41, 5.74) is 0.562. The maximum Gasteiger partial charge on any atom is 0.339 e. The zero-order valence-corrected chi connectivity index (χ0v) is 21.4. The van der Waals surface area contributed by atoms with E-state index in [9.17, 15) is 18.5 Å². The summed E-state index contributed by atoms with van der Waals surface area (Å²) in [5, 5.41) is 12.4. The molecule has 0 saturated carbocycles. The summed E-state index contributed by atoms with van der Waals surface area (Å²) < 4.78 is 41.2. The second kappa shape index (κ2) is 11.8. The van der Waals surface area contributed by atoms with Gasteiger partial charge in [0.25, 0.3) is 5.91 Å². The molecule has 36 heavy (non-hydrogen) atoms. The monoisotopic (exact) mass is 546 g/mol. The smallest absolute Gasteiger partial charge is 0.339 e. The predicted octanol–water partition coefficient (Wildman–Crippen LogP) is 5.71. The zero-order valence-electron chi connectivity index (χ0n) is 19.1. The van der Waals surface area contributed by atoms with Crippen LogP contribution < -0.4 is 19.0 Å². The summed E-state index contributed by atoms with van der Waals surface area (Å²) in [7, 11) is -2.95. The average molecular weight is 547 g/mol. The third-order valence-electron chi connectivity index (χ3n) is 4.65. The first kappa shape index (κ1) is 26.9. The Hall–Kier alpha value is -3.71. The number of carbonyl (C=O) groups excluding carboxylic acids is 1. The number of carbonyl (C=O) groups is 1. The lowest BCUT2D eigenvalue weighted by atomic mass is 10.1. The Morgan fingerprint density at radius 2 is 1.75 bits per heavy atom. The van der Waals surface area contributed by atoms with E-state index in [2.05, 4.69) is 5.32 Å². The molecule has 1 N–H and O–H groups in total. The third-order valence-corrected chi connectivity index (χ3v) is 6.41. The first-order valence-corrected chi connectivity index (χ1v) is 12.6. The van der Waals surface area contributed by atoms with Crippen molar-refractivity contribution in [2.24, 2.45) is 0 Å². The highest BCUT2D eigenvalue weighted by Gasteiger charge is 2.22. The van der Waals surface area contributed by atoms with E-state index in [0.717, 1.165) is 0 Å². The van der Waals surface area contributed by atoms with Crippen LogP contribution in [0.1, 0.15) is 12.5 Å². The fourth-order valence-electron chi connectivity index (χ4n) is 2.98. The first-order valence-electron chi connectivity index (χ1n) is 10.4. The van der Waals surface area contributed by atoms with Gasteiger partial charge < -0.3 is 19.0 Å². The molecular formula is C25H20Cl2N2O6S. The molecule has 1 amide bonds. The summed E-state index contributed by atoms with van der Waals surface area (Å²) >= 11 is 12.1. The van der Waals surface area contributed by atoms with E-state index in [1.54, 1.807) is 24.3 Å². The van der Waals surface area contributed by atoms with Crippen molar-refractivity contribution in [3.8, 4) is 23.3 Å². The van der Waals surface area contributed by atoms with Crippen molar-refractivity contribution in [3.63, 3.8) is 0 Å². The summed E-state index contributed by atoms with van der Waals surface area (Å²) in [6.45, 7) is 2.37. The molecule has 0 spiro atoms. The lowest BCUT2D eigenvalue weighted by Crippen LogP contribution is -2.13. The van der Waals surface area contributed by atoms with Crippen molar-refractivity contribution in [1.29, 1.82) is 5.26 Å². The zero-order chi connectivity index (χ0) is 26.3. The first-order chi connectivity index (χ1) is 17.2. The van der Waals surface area contributed by atoms with E-state index < -0.39 is 16.0 Å². The van der Waals surface area contributed by atoms with Crippen molar-refractivity contribution in [2.75, 3.05) is 19.0 Å². The van der Waals surface area contributed by atoms with Crippen LogP contribution in [0, 0.1) is 11.3 Å². The minimum absolute atomic E-state index is 0.0181. The fourth-order valence-corrected chi connectivity index (χ4v) is 4.36. The number of nitrogens with zero attached hydrogens (tertiary/aromatic N) is 1. The maximum atomic E-state index is 12.7. The number of rotatable bonds is 9. The molecule has 0 aliphatic heterocycles. The number of anilines is 1. The predicted molar refractivity (Wildman–Crippen MR) is 137 cm³/mol. The summed E-state index contributed by atoms with van der Waals surface area (Å²) in [6.07, 6.45) is 1.29. The molecule has 3 rings (SSSR count). The summed E-state index contributed by atoms with van der Waals surface area (Å²) in [4.78, 5) is 12.5. The van der Waals surface area contributed by atoms with Gasteiger partial charge >= 0.3 is 10.1 Å². The van der Waals surface area contributed by atoms with Crippen LogP contribution >= 0.6 is 23.2 Å². The van der Waals surface area contributed by atoms with Gasteiger partial charge in [-0.25, -0.2) is 0 Å². The van der Waals surface area contributed by atoms with E-state index >= 15 is 0 Å². The summed E-state index contributed by atoms with van der Waals surface area (Å²) in [6, 6.07) is 16.6. The number of ether oxygens (including phenoxy) is 2. The SMILES string of the molecule is CCOc1ccc(NC(=O)/C(C#N)=C/c2cc(Cl)c(OS(=O)(=O)c3ccc(Cl)cc3)c(OC)c2)cc1. The maximum absolute atomic E-state index is 12.7. The molecule has 0 atom stereocenters. The average Bonchev–Trinajstić information content (AvgIpc) is 2.85. The molecule has 0 aliphatic rings. The molecule has 3 aromatic carbocycles. The van der Waals surface area contributed by atoms with Crippen LogP contribution in [0.4, 0.5) is 5.69 Å². The highest BCUT2D eigenvalue weighted by molar-refractivity contribution is 7.87. The Kier molecular flexibility index (Phi) is 8.83. The van der Waals surface area contributed by atoms with Crippen LogP contribution in [-0.2, 0) is 14.9 Å². The Morgan fingerprint density at radius 3 is 2.33 bits per heavy atom. The summed E-state index contributed by atoms with van der Waals surface area (Å²) in [5.74, 6) is -0.268. The van der Waals surface area contributed by atoms with Gasteiger partial charge in [0, 0.05) is 10.7 Å². The molecule has 0 unspecified atom stereocenters. The van der Waals surface area contributed by atoms with E-state index in [4.69, 9.17) is 36.9 Å². The van der Waals surface area contributed by atoms with E-state index in [1.165, 1.54) is 49.6 Å². The van der Waals surface area contributed by atoms with Crippen molar-refractivity contribution in [3.05, 3.63) is 81.8 Å². The molecule has 0 saturated heterocycles.